The van der Waals surface area contributed by atoms with Crippen LogP contribution in [0, 0.1) is 24.2 Å². The number of likely N-dealkylation sites (N-methyl/N-ethyl adjacent to an activating group) is 2. The predicted octanol–water partition coefficient (Wildman–Crippen LogP) is 3.90. The normalized spacial score (nSPS) is 24.3. The maximum atomic E-state index is 13.1. The first-order valence-electron chi connectivity index (χ1n) is 17.7. The molecular formula is C38H61N3O10. The molecule has 1 saturated heterocycles. The first-order valence-corrected chi connectivity index (χ1v) is 17.7. The van der Waals surface area contributed by atoms with Gasteiger partial charge in [0.25, 0.3) is 5.91 Å². The lowest BCUT2D eigenvalue weighted by molar-refractivity contribution is -0.199. The molecule has 13 heteroatoms. The topological polar surface area (TPSA) is 168 Å². The molecule has 13 nitrogen and oxygen atoms in total. The summed E-state index contributed by atoms with van der Waals surface area (Å²) < 4.78 is 29.5. The number of aliphatic hydroxyl groups excluding tert-OH is 2. The number of phenols is 1. The molecule has 2 aliphatic heterocycles. The smallest absolute Gasteiger partial charge is 0.415 e. The van der Waals surface area contributed by atoms with Gasteiger partial charge in [0.15, 0.2) is 12.3 Å². The number of methoxy groups -OCH3 is 2. The predicted molar refractivity (Wildman–Crippen MR) is 194 cm³/mol. The number of hydrogen-bond donors (Lipinski definition) is 5. The Kier molecular flexibility index (Phi) is 14.9. The highest BCUT2D eigenvalue weighted by Gasteiger charge is 2.47. The Labute approximate surface area is 303 Å². The van der Waals surface area contributed by atoms with E-state index >= 15 is 0 Å². The van der Waals surface area contributed by atoms with Crippen molar-refractivity contribution >= 4 is 17.8 Å². The summed E-state index contributed by atoms with van der Waals surface area (Å²) in [5.74, 6) is -0.500. The van der Waals surface area contributed by atoms with Crippen molar-refractivity contribution in [1.82, 2.24) is 15.5 Å². The lowest BCUT2D eigenvalue weighted by Gasteiger charge is -2.49. The second kappa shape index (κ2) is 18.0. The molecule has 51 heavy (non-hydrogen) atoms. The summed E-state index contributed by atoms with van der Waals surface area (Å²) in [5, 5.41) is 39.1. The first-order chi connectivity index (χ1) is 23.9. The van der Waals surface area contributed by atoms with Crippen LogP contribution in [0.15, 0.2) is 24.8 Å². The summed E-state index contributed by atoms with van der Waals surface area (Å²) in [6.07, 6.45) is -4.42. The molecule has 288 valence electrons. The minimum Gasteiger partial charge on any atom is -0.507 e. The highest BCUT2D eigenvalue weighted by atomic mass is 16.6. The number of benzene rings is 1. The van der Waals surface area contributed by atoms with E-state index in [1.807, 2.05) is 13.8 Å². The van der Waals surface area contributed by atoms with Crippen LogP contribution in [-0.2, 0) is 30.2 Å². The number of carbonyl (C=O) groups is 2. The third-order valence-corrected chi connectivity index (χ3v) is 10.9. The number of rotatable bonds is 16. The van der Waals surface area contributed by atoms with Crippen LogP contribution >= 0.6 is 0 Å². The van der Waals surface area contributed by atoms with Crippen LogP contribution in [0.4, 0.5) is 4.79 Å². The average Bonchev–Trinajstić information content (AvgIpc) is 3.07. The Morgan fingerprint density at radius 3 is 2.45 bits per heavy atom. The van der Waals surface area contributed by atoms with Gasteiger partial charge in [0.1, 0.15) is 29.5 Å². The Balaban J connectivity index is 1.76. The van der Waals surface area contributed by atoms with Crippen molar-refractivity contribution in [2.24, 2.45) is 17.3 Å². The molecule has 2 amide bonds. The van der Waals surface area contributed by atoms with Gasteiger partial charge in [0.2, 0.25) is 0 Å². The van der Waals surface area contributed by atoms with Crippen molar-refractivity contribution in [3.05, 3.63) is 41.5 Å². The lowest BCUT2D eigenvalue weighted by Crippen LogP contribution is -2.57. The van der Waals surface area contributed by atoms with Crippen LogP contribution in [0.5, 0.6) is 11.5 Å². The highest BCUT2D eigenvalue weighted by Crippen LogP contribution is 2.46. The van der Waals surface area contributed by atoms with Crippen molar-refractivity contribution in [3.63, 3.8) is 0 Å². The molecule has 0 aliphatic carbocycles. The Morgan fingerprint density at radius 1 is 1.20 bits per heavy atom. The molecule has 0 bridgehead atoms. The molecule has 3 rings (SSSR count). The van der Waals surface area contributed by atoms with E-state index < -0.39 is 60.8 Å². The Hall–Kier alpha value is -3.20. The van der Waals surface area contributed by atoms with Crippen LogP contribution in [0.3, 0.4) is 0 Å². The second-order valence-electron chi connectivity index (χ2n) is 14.9. The van der Waals surface area contributed by atoms with Gasteiger partial charge in [-0.15, -0.1) is 6.58 Å². The molecule has 1 aromatic carbocycles. The summed E-state index contributed by atoms with van der Waals surface area (Å²) in [4.78, 5) is 27.2. The number of nitrogens with zero attached hydrogens (tertiary/aromatic N) is 1. The number of aliphatic hydroxyl groups is 2. The highest BCUT2D eigenvalue weighted by molar-refractivity contribution is 5.81. The van der Waals surface area contributed by atoms with E-state index in [1.54, 1.807) is 21.0 Å². The van der Waals surface area contributed by atoms with Crippen molar-refractivity contribution < 1.29 is 48.6 Å². The van der Waals surface area contributed by atoms with Gasteiger partial charge in [-0.05, 0) is 56.2 Å². The van der Waals surface area contributed by atoms with Gasteiger partial charge < -0.3 is 54.5 Å². The Morgan fingerprint density at radius 2 is 1.86 bits per heavy atom. The number of fused-ring (bicyclic) bond motifs is 1. The molecule has 0 saturated carbocycles. The van der Waals surface area contributed by atoms with Crippen molar-refractivity contribution in [3.8, 4) is 11.5 Å². The number of nitrogens with one attached hydrogen (secondary N) is 2. The number of carbonyl (C=O) groups excluding carboxylic acids is 2. The average molecular weight is 720 g/mol. The van der Waals surface area contributed by atoms with Gasteiger partial charge in [0, 0.05) is 59.2 Å². The fourth-order valence-corrected chi connectivity index (χ4v) is 6.80. The van der Waals surface area contributed by atoms with E-state index in [0.717, 1.165) is 11.1 Å². The molecule has 9 atom stereocenters. The summed E-state index contributed by atoms with van der Waals surface area (Å²) in [6, 6.07) is 1.40. The number of hydrogen-bond acceptors (Lipinski definition) is 11. The number of phenolic OH excluding ortho intramolecular Hbond substituents is 1. The zero-order valence-electron chi connectivity index (χ0n) is 32.1. The summed E-state index contributed by atoms with van der Waals surface area (Å²) in [6.45, 7) is 20.8. The fraction of sp³-hybridized carbons (Fsp3) is 0.684. The Bertz CT molecular complexity index is 1400. The number of ether oxygens (including phenoxy) is 5. The second-order valence-corrected chi connectivity index (χ2v) is 14.9. The van der Waals surface area contributed by atoms with Gasteiger partial charge in [-0.1, -0.05) is 39.8 Å². The van der Waals surface area contributed by atoms with Crippen LogP contribution in [-0.4, -0.2) is 116 Å². The zero-order chi connectivity index (χ0) is 38.4. The standard InChI is InChI=1S/C38H61N3O10/c1-20(2)15-30(47-11)34(44)35(45)40-36(48-12)31-16-21(3)38(7,8)32(50-31)19-26(42)23(5)28-17-25-22(4)29(18-27(43)33(25)24(6)49-28)51-37(46)41(10)14-13-39-9/h18,21,23,26,28,30-32,34,36,39,42-44H,1,6,13-17,19H2,2-5,7-12H3,(H,40,45)/t21-,23-,26+,28-,30+,31+,32-,34+,36+/m1/s1. The lowest BCUT2D eigenvalue weighted by atomic mass is 9.68. The van der Waals surface area contributed by atoms with Gasteiger partial charge in [-0.25, -0.2) is 4.79 Å². The van der Waals surface area contributed by atoms with Crippen LogP contribution in [0.25, 0.3) is 5.76 Å². The van der Waals surface area contributed by atoms with Crippen LogP contribution in [0.1, 0.15) is 70.6 Å². The summed E-state index contributed by atoms with van der Waals surface area (Å²) in [5.41, 5.74) is 2.30. The zero-order valence-corrected chi connectivity index (χ0v) is 32.1. The molecule has 0 radical (unpaired) electrons. The maximum Gasteiger partial charge on any atom is 0.415 e. The maximum absolute atomic E-state index is 13.1. The van der Waals surface area contributed by atoms with E-state index in [-0.39, 0.29) is 35.0 Å². The van der Waals surface area contributed by atoms with E-state index in [1.165, 1.54) is 25.2 Å². The van der Waals surface area contributed by atoms with Gasteiger partial charge in [-0.2, -0.15) is 0 Å². The van der Waals surface area contributed by atoms with Gasteiger partial charge in [-0.3, -0.25) is 4.79 Å². The fourth-order valence-electron chi connectivity index (χ4n) is 6.80. The van der Waals surface area contributed by atoms with E-state index in [4.69, 9.17) is 23.7 Å². The number of aromatic hydroxyl groups is 1. The van der Waals surface area contributed by atoms with Crippen molar-refractivity contribution in [1.29, 1.82) is 0 Å². The molecule has 1 aromatic rings. The summed E-state index contributed by atoms with van der Waals surface area (Å²) in [7, 11) is 6.34. The van der Waals surface area contributed by atoms with E-state index in [9.17, 15) is 24.9 Å². The van der Waals surface area contributed by atoms with Crippen LogP contribution < -0.4 is 15.4 Å². The van der Waals surface area contributed by atoms with Crippen LogP contribution in [0.2, 0.25) is 0 Å². The monoisotopic (exact) mass is 719 g/mol. The molecule has 0 unspecified atom stereocenters. The molecule has 5 N–H and O–H groups in total. The molecule has 2 aliphatic rings. The summed E-state index contributed by atoms with van der Waals surface area (Å²) >= 11 is 0. The van der Waals surface area contributed by atoms with Crippen molar-refractivity contribution in [2.45, 2.75) is 110 Å². The quantitative estimate of drug-likeness (QED) is 0.124. The minimum atomic E-state index is -1.44. The molecule has 2 heterocycles. The third kappa shape index (κ3) is 10.0. The van der Waals surface area contributed by atoms with Crippen molar-refractivity contribution in [2.75, 3.05) is 41.4 Å². The third-order valence-electron chi connectivity index (χ3n) is 10.9. The molecule has 1 fully saturated rings. The first kappa shape index (κ1) is 42.2. The minimum absolute atomic E-state index is 0.105. The SMILES string of the molecule is C=C(C)C[C@H](OC)[C@H](O)C(=O)N[C@@H](OC)[C@@H]1C[C@@H](C)C(C)(C)[C@@H](C[C@H](O)[C@@H](C)[C@H]2Cc3c(C)c(OC(=O)N(C)CCNC)cc(O)c3C(=C)O2)O1. The van der Waals surface area contributed by atoms with Gasteiger partial charge in [0.05, 0.1) is 23.9 Å². The molecular weight excluding hydrogens is 658 g/mol. The van der Waals surface area contributed by atoms with E-state index in [0.29, 0.717) is 43.5 Å². The molecule has 0 spiro atoms. The largest absolute Gasteiger partial charge is 0.507 e. The number of amides is 2. The van der Waals surface area contributed by atoms with E-state index in [2.05, 4.69) is 44.6 Å². The van der Waals surface area contributed by atoms with Gasteiger partial charge >= 0.3 is 6.09 Å². The molecule has 0 aromatic heterocycles.